The van der Waals surface area contributed by atoms with Crippen LogP contribution in [0.5, 0.6) is 0 Å². The molecule has 4 heteroatoms. The summed E-state index contributed by atoms with van der Waals surface area (Å²) in [5, 5.41) is 0. The minimum absolute atomic E-state index is 0.618. The van der Waals surface area contributed by atoms with Crippen molar-refractivity contribution in [3.8, 4) is 0 Å². The van der Waals surface area contributed by atoms with Crippen molar-refractivity contribution < 1.29 is 0 Å². The van der Waals surface area contributed by atoms with Crippen LogP contribution >= 0.6 is 22.6 Å². The average Bonchev–Trinajstić information content (AvgIpc) is 2.20. The van der Waals surface area contributed by atoms with Gasteiger partial charge in [0.1, 0.15) is 12.1 Å². The molecule has 1 aromatic rings. The van der Waals surface area contributed by atoms with E-state index in [-0.39, 0.29) is 0 Å². The van der Waals surface area contributed by atoms with E-state index in [1.807, 2.05) is 6.20 Å². The standard InChI is InChI=1S/C10H14IN3/c1-8-4-2-3-5-14(8)10-9(11)6-12-7-13-10/h6-8H,2-5H2,1H3. The molecular weight excluding hydrogens is 289 g/mol. The molecule has 1 fully saturated rings. The van der Waals surface area contributed by atoms with Crippen LogP contribution in [-0.4, -0.2) is 22.6 Å². The largest absolute Gasteiger partial charge is 0.353 e. The third-order valence-corrected chi connectivity index (χ3v) is 3.48. The zero-order chi connectivity index (χ0) is 9.97. The van der Waals surface area contributed by atoms with Gasteiger partial charge in [-0.1, -0.05) is 0 Å². The molecule has 1 aliphatic heterocycles. The van der Waals surface area contributed by atoms with Crippen molar-refractivity contribution in [2.45, 2.75) is 32.2 Å². The Hall–Kier alpha value is -0.390. The van der Waals surface area contributed by atoms with Crippen LogP contribution in [0, 0.1) is 3.57 Å². The van der Waals surface area contributed by atoms with Crippen LogP contribution in [0.25, 0.3) is 0 Å². The Kier molecular flexibility index (Phi) is 3.20. The predicted octanol–water partition coefficient (Wildman–Crippen LogP) is 2.46. The Morgan fingerprint density at radius 1 is 1.50 bits per heavy atom. The molecule has 0 saturated carbocycles. The average molecular weight is 303 g/mol. The van der Waals surface area contributed by atoms with Gasteiger partial charge in [-0.2, -0.15) is 0 Å². The first-order valence-electron chi connectivity index (χ1n) is 5.01. The lowest BCUT2D eigenvalue weighted by Crippen LogP contribution is -2.38. The summed E-state index contributed by atoms with van der Waals surface area (Å²) in [7, 11) is 0. The van der Waals surface area contributed by atoms with E-state index >= 15 is 0 Å². The van der Waals surface area contributed by atoms with E-state index in [4.69, 9.17) is 0 Å². The zero-order valence-electron chi connectivity index (χ0n) is 8.28. The highest BCUT2D eigenvalue weighted by molar-refractivity contribution is 14.1. The molecule has 0 bridgehead atoms. The fourth-order valence-electron chi connectivity index (χ4n) is 1.93. The molecule has 0 radical (unpaired) electrons. The molecule has 0 amide bonds. The molecule has 0 N–H and O–H groups in total. The number of rotatable bonds is 1. The van der Waals surface area contributed by atoms with Gasteiger partial charge in [0.25, 0.3) is 0 Å². The Balaban J connectivity index is 2.25. The Morgan fingerprint density at radius 3 is 3.07 bits per heavy atom. The summed E-state index contributed by atoms with van der Waals surface area (Å²) in [6.45, 7) is 3.41. The number of aromatic nitrogens is 2. The maximum atomic E-state index is 4.36. The summed E-state index contributed by atoms with van der Waals surface area (Å²) in [5.74, 6) is 1.10. The first-order chi connectivity index (χ1) is 6.79. The highest BCUT2D eigenvalue weighted by atomic mass is 127. The third kappa shape index (κ3) is 1.99. The lowest BCUT2D eigenvalue weighted by Gasteiger charge is -2.34. The van der Waals surface area contributed by atoms with Gasteiger partial charge in [0.15, 0.2) is 0 Å². The Morgan fingerprint density at radius 2 is 2.36 bits per heavy atom. The van der Waals surface area contributed by atoms with Crippen LogP contribution in [0.4, 0.5) is 5.82 Å². The molecule has 1 atom stereocenters. The molecule has 76 valence electrons. The van der Waals surface area contributed by atoms with Crippen LogP contribution in [0.1, 0.15) is 26.2 Å². The number of hydrogen-bond donors (Lipinski definition) is 0. The first-order valence-corrected chi connectivity index (χ1v) is 6.09. The van der Waals surface area contributed by atoms with E-state index < -0.39 is 0 Å². The number of piperidine rings is 1. The van der Waals surface area contributed by atoms with Crippen LogP contribution in [0.15, 0.2) is 12.5 Å². The van der Waals surface area contributed by atoms with E-state index in [1.54, 1.807) is 6.33 Å². The molecule has 0 spiro atoms. The lowest BCUT2D eigenvalue weighted by atomic mass is 10.0. The fraction of sp³-hybridized carbons (Fsp3) is 0.600. The van der Waals surface area contributed by atoms with Gasteiger partial charge in [-0.05, 0) is 48.8 Å². The number of hydrogen-bond acceptors (Lipinski definition) is 3. The van der Waals surface area contributed by atoms with Crippen molar-refractivity contribution in [1.29, 1.82) is 0 Å². The predicted molar refractivity (Wildman–Crippen MR) is 65.4 cm³/mol. The van der Waals surface area contributed by atoms with Gasteiger partial charge in [0.2, 0.25) is 0 Å². The minimum atomic E-state index is 0.618. The van der Waals surface area contributed by atoms with Gasteiger partial charge in [-0.15, -0.1) is 0 Å². The monoisotopic (exact) mass is 303 g/mol. The molecule has 1 saturated heterocycles. The van der Waals surface area contributed by atoms with Crippen molar-refractivity contribution >= 4 is 28.4 Å². The molecule has 0 aromatic carbocycles. The number of halogens is 1. The normalized spacial score (nSPS) is 22.4. The summed E-state index contributed by atoms with van der Waals surface area (Å²) >= 11 is 2.31. The molecule has 14 heavy (non-hydrogen) atoms. The molecule has 1 unspecified atom stereocenters. The zero-order valence-corrected chi connectivity index (χ0v) is 10.4. The molecular formula is C10H14IN3. The van der Waals surface area contributed by atoms with Crippen molar-refractivity contribution in [2.24, 2.45) is 0 Å². The quantitative estimate of drug-likeness (QED) is 0.746. The first kappa shape index (κ1) is 10.1. The highest BCUT2D eigenvalue weighted by Gasteiger charge is 2.20. The Labute approximate surface area is 98.1 Å². The van der Waals surface area contributed by atoms with Crippen molar-refractivity contribution in [2.75, 3.05) is 11.4 Å². The van der Waals surface area contributed by atoms with Gasteiger partial charge in [0.05, 0.1) is 3.57 Å². The topological polar surface area (TPSA) is 29.0 Å². The van der Waals surface area contributed by atoms with Gasteiger partial charge < -0.3 is 4.90 Å². The summed E-state index contributed by atoms with van der Waals surface area (Å²) in [6, 6.07) is 0.618. The summed E-state index contributed by atoms with van der Waals surface area (Å²) in [4.78, 5) is 10.8. The van der Waals surface area contributed by atoms with Crippen molar-refractivity contribution in [1.82, 2.24) is 9.97 Å². The number of nitrogens with zero attached hydrogens (tertiary/aromatic N) is 3. The second-order valence-corrected chi connectivity index (χ2v) is 4.89. The highest BCUT2D eigenvalue weighted by Crippen LogP contribution is 2.25. The second kappa shape index (κ2) is 4.42. The van der Waals surface area contributed by atoms with E-state index in [2.05, 4.69) is 44.4 Å². The molecule has 2 heterocycles. The van der Waals surface area contributed by atoms with Crippen molar-refractivity contribution in [3.63, 3.8) is 0 Å². The molecule has 1 aromatic heterocycles. The summed E-state index contributed by atoms with van der Waals surface area (Å²) < 4.78 is 1.15. The van der Waals surface area contributed by atoms with Crippen LogP contribution in [0.3, 0.4) is 0 Å². The van der Waals surface area contributed by atoms with E-state index in [9.17, 15) is 0 Å². The summed E-state index contributed by atoms with van der Waals surface area (Å²) in [5.41, 5.74) is 0. The maximum Gasteiger partial charge on any atom is 0.145 e. The second-order valence-electron chi connectivity index (χ2n) is 3.73. The van der Waals surface area contributed by atoms with Gasteiger partial charge >= 0.3 is 0 Å². The fourth-order valence-corrected chi connectivity index (χ4v) is 2.54. The van der Waals surface area contributed by atoms with E-state index in [1.165, 1.54) is 19.3 Å². The third-order valence-electron chi connectivity index (χ3n) is 2.72. The van der Waals surface area contributed by atoms with E-state index in [0.717, 1.165) is 15.9 Å². The van der Waals surface area contributed by atoms with Crippen LogP contribution in [0.2, 0.25) is 0 Å². The lowest BCUT2D eigenvalue weighted by molar-refractivity contribution is 0.480. The van der Waals surface area contributed by atoms with Gasteiger partial charge in [0, 0.05) is 18.8 Å². The van der Waals surface area contributed by atoms with Gasteiger partial charge in [-0.3, -0.25) is 0 Å². The van der Waals surface area contributed by atoms with Crippen LogP contribution in [-0.2, 0) is 0 Å². The maximum absolute atomic E-state index is 4.36. The van der Waals surface area contributed by atoms with E-state index in [0.29, 0.717) is 6.04 Å². The SMILES string of the molecule is CC1CCCCN1c1ncncc1I. The summed E-state index contributed by atoms with van der Waals surface area (Å²) in [6.07, 6.45) is 7.42. The smallest absolute Gasteiger partial charge is 0.145 e. The Bertz CT molecular complexity index is 316. The van der Waals surface area contributed by atoms with Gasteiger partial charge in [-0.25, -0.2) is 9.97 Å². The molecule has 0 aliphatic carbocycles. The molecule has 2 rings (SSSR count). The van der Waals surface area contributed by atoms with Crippen molar-refractivity contribution in [3.05, 3.63) is 16.1 Å². The number of anilines is 1. The van der Waals surface area contributed by atoms with Crippen LogP contribution < -0.4 is 4.90 Å². The molecule has 3 nitrogen and oxygen atoms in total. The molecule has 1 aliphatic rings. The minimum Gasteiger partial charge on any atom is -0.353 e.